The third-order valence-corrected chi connectivity index (χ3v) is 3.57. The van der Waals surface area contributed by atoms with Crippen molar-refractivity contribution < 1.29 is 18.3 Å². The number of rotatable bonds is 5. The molecule has 0 saturated heterocycles. The quantitative estimate of drug-likeness (QED) is 0.753. The molecule has 0 saturated carbocycles. The van der Waals surface area contributed by atoms with Crippen LogP contribution in [0.3, 0.4) is 0 Å². The van der Waals surface area contributed by atoms with Crippen molar-refractivity contribution in [1.82, 2.24) is 0 Å². The van der Waals surface area contributed by atoms with Gasteiger partial charge in [0.25, 0.3) is 0 Å². The minimum absolute atomic E-state index is 0.123. The van der Waals surface area contributed by atoms with Crippen molar-refractivity contribution >= 4 is 19.2 Å². The standard InChI is InChI=1S/C9H12ClO4P/c1-12-15(11,13-2)7-14-9-5-3-8(10)4-6-9/h3-6H,7H2,1-2H3. The molecule has 0 spiro atoms. The number of hydrogen-bond acceptors (Lipinski definition) is 4. The molecule has 84 valence electrons. The van der Waals surface area contributed by atoms with E-state index in [0.29, 0.717) is 10.8 Å². The van der Waals surface area contributed by atoms with Gasteiger partial charge in [-0.25, -0.2) is 0 Å². The van der Waals surface area contributed by atoms with Gasteiger partial charge in [-0.05, 0) is 24.3 Å². The van der Waals surface area contributed by atoms with Gasteiger partial charge in [-0.15, -0.1) is 0 Å². The Morgan fingerprint density at radius 3 is 2.20 bits per heavy atom. The summed E-state index contributed by atoms with van der Waals surface area (Å²) in [5, 5.41) is 0.615. The first kappa shape index (κ1) is 12.5. The predicted octanol–water partition coefficient (Wildman–Crippen LogP) is 3.16. The van der Waals surface area contributed by atoms with Crippen molar-refractivity contribution in [1.29, 1.82) is 0 Å². The molecule has 0 aliphatic heterocycles. The molecular formula is C9H12ClO4P. The number of halogens is 1. The lowest BCUT2D eigenvalue weighted by Crippen LogP contribution is -2.01. The van der Waals surface area contributed by atoms with Crippen molar-refractivity contribution in [3.05, 3.63) is 29.3 Å². The zero-order valence-corrected chi connectivity index (χ0v) is 10.1. The molecule has 0 aliphatic rings. The molecule has 15 heavy (non-hydrogen) atoms. The highest BCUT2D eigenvalue weighted by molar-refractivity contribution is 7.53. The maximum atomic E-state index is 11.6. The van der Waals surface area contributed by atoms with Gasteiger partial charge in [-0.1, -0.05) is 11.6 Å². The maximum Gasteiger partial charge on any atom is 0.367 e. The van der Waals surface area contributed by atoms with Gasteiger partial charge in [0.05, 0.1) is 0 Å². The maximum absolute atomic E-state index is 11.6. The van der Waals surface area contributed by atoms with Gasteiger partial charge in [0.2, 0.25) is 0 Å². The molecule has 4 nitrogen and oxygen atoms in total. The summed E-state index contributed by atoms with van der Waals surface area (Å²) in [6.45, 7) is 0. The Balaban J connectivity index is 2.57. The van der Waals surface area contributed by atoms with Gasteiger partial charge in [-0.3, -0.25) is 4.57 Å². The van der Waals surface area contributed by atoms with Crippen LogP contribution in [0, 0.1) is 0 Å². The first-order chi connectivity index (χ1) is 7.09. The second kappa shape index (κ2) is 5.52. The summed E-state index contributed by atoms with van der Waals surface area (Å²) >= 11 is 5.70. The molecule has 1 aromatic carbocycles. The van der Waals surface area contributed by atoms with Gasteiger partial charge >= 0.3 is 7.60 Å². The fourth-order valence-corrected chi connectivity index (χ4v) is 1.66. The van der Waals surface area contributed by atoms with Crippen LogP contribution in [0.5, 0.6) is 5.75 Å². The van der Waals surface area contributed by atoms with Gasteiger partial charge in [0.1, 0.15) is 5.75 Å². The molecule has 0 N–H and O–H groups in total. The van der Waals surface area contributed by atoms with E-state index in [2.05, 4.69) is 0 Å². The number of hydrogen-bond donors (Lipinski definition) is 0. The average molecular weight is 251 g/mol. The highest BCUT2D eigenvalue weighted by Crippen LogP contribution is 2.46. The van der Waals surface area contributed by atoms with E-state index in [0.717, 1.165) is 0 Å². The molecule has 0 atom stereocenters. The zero-order chi connectivity index (χ0) is 11.3. The predicted molar refractivity (Wildman–Crippen MR) is 58.6 cm³/mol. The van der Waals surface area contributed by atoms with Crippen molar-refractivity contribution in [2.75, 3.05) is 20.6 Å². The minimum Gasteiger partial charge on any atom is -0.481 e. The van der Waals surface area contributed by atoms with Crippen molar-refractivity contribution in [3.63, 3.8) is 0 Å². The van der Waals surface area contributed by atoms with Crippen molar-refractivity contribution in [2.45, 2.75) is 0 Å². The fourth-order valence-electron chi connectivity index (χ4n) is 0.864. The Morgan fingerprint density at radius 1 is 1.20 bits per heavy atom. The smallest absolute Gasteiger partial charge is 0.367 e. The Morgan fingerprint density at radius 2 is 1.73 bits per heavy atom. The fraction of sp³-hybridized carbons (Fsp3) is 0.333. The molecule has 0 aliphatic carbocycles. The third-order valence-electron chi connectivity index (χ3n) is 1.76. The third kappa shape index (κ3) is 3.84. The summed E-state index contributed by atoms with van der Waals surface area (Å²) in [4.78, 5) is 0. The van der Waals surface area contributed by atoms with Gasteiger partial charge in [0, 0.05) is 19.2 Å². The second-order valence-corrected chi connectivity index (χ2v) is 5.35. The Kier molecular flexibility index (Phi) is 4.61. The van der Waals surface area contributed by atoms with Gasteiger partial charge in [-0.2, -0.15) is 0 Å². The average Bonchev–Trinajstić information content (AvgIpc) is 2.28. The molecule has 1 aromatic rings. The van der Waals surface area contributed by atoms with E-state index >= 15 is 0 Å². The van der Waals surface area contributed by atoms with Crippen LogP contribution in [-0.2, 0) is 13.6 Å². The van der Waals surface area contributed by atoms with Gasteiger partial charge < -0.3 is 13.8 Å². The zero-order valence-electron chi connectivity index (χ0n) is 8.47. The summed E-state index contributed by atoms with van der Waals surface area (Å²) in [5.41, 5.74) is 0. The largest absolute Gasteiger partial charge is 0.481 e. The van der Waals surface area contributed by atoms with Gasteiger partial charge in [0.15, 0.2) is 6.35 Å². The molecule has 0 fully saturated rings. The van der Waals surface area contributed by atoms with E-state index in [4.69, 9.17) is 25.4 Å². The van der Waals surface area contributed by atoms with E-state index in [1.807, 2.05) is 0 Å². The van der Waals surface area contributed by atoms with Crippen LogP contribution in [-0.4, -0.2) is 20.6 Å². The lowest BCUT2D eigenvalue weighted by molar-refractivity contribution is 0.240. The lowest BCUT2D eigenvalue weighted by atomic mass is 10.3. The summed E-state index contributed by atoms with van der Waals surface area (Å²) in [7, 11) is -0.484. The monoisotopic (exact) mass is 250 g/mol. The normalized spacial score (nSPS) is 11.4. The highest BCUT2D eigenvalue weighted by Gasteiger charge is 2.21. The summed E-state index contributed by atoms with van der Waals surface area (Å²) in [6, 6.07) is 6.72. The topological polar surface area (TPSA) is 44.8 Å². The van der Waals surface area contributed by atoms with E-state index < -0.39 is 7.60 Å². The highest BCUT2D eigenvalue weighted by atomic mass is 35.5. The summed E-state index contributed by atoms with van der Waals surface area (Å²) in [6.07, 6.45) is -0.123. The molecular weight excluding hydrogens is 239 g/mol. The van der Waals surface area contributed by atoms with Crippen LogP contribution >= 0.6 is 19.2 Å². The van der Waals surface area contributed by atoms with Crippen LogP contribution in [0.1, 0.15) is 0 Å². The molecule has 1 rings (SSSR count). The lowest BCUT2D eigenvalue weighted by Gasteiger charge is -2.14. The molecule has 0 bridgehead atoms. The molecule has 0 heterocycles. The molecule has 0 radical (unpaired) electrons. The van der Waals surface area contributed by atoms with E-state index in [-0.39, 0.29) is 6.35 Å². The minimum atomic E-state index is -3.11. The first-order valence-corrected chi connectivity index (χ1v) is 6.29. The first-order valence-electron chi connectivity index (χ1n) is 4.18. The molecule has 0 aromatic heterocycles. The Labute approximate surface area is 93.6 Å². The van der Waals surface area contributed by atoms with Crippen LogP contribution in [0.25, 0.3) is 0 Å². The molecule has 6 heteroatoms. The summed E-state index contributed by atoms with van der Waals surface area (Å²) in [5.74, 6) is 0.564. The van der Waals surface area contributed by atoms with Crippen LogP contribution in [0.2, 0.25) is 5.02 Å². The van der Waals surface area contributed by atoms with Crippen LogP contribution < -0.4 is 4.74 Å². The Hall–Kier alpha value is -0.540. The molecule has 0 unspecified atom stereocenters. The summed E-state index contributed by atoms with van der Waals surface area (Å²) < 4.78 is 26.3. The number of benzene rings is 1. The van der Waals surface area contributed by atoms with Crippen molar-refractivity contribution in [2.24, 2.45) is 0 Å². The van der Waals surface area contributed by atoms with Crippen LogP contribution in [0.15, 0.2) is 24.3 Å². The van der Waals surface area contributed by atoms with E-state index in [1.54, 1.807) is 24.3 Å². The second-order valence-electron chi connectivity index (χ2n) is 2.70. The number of ether oxygens (including phenoxy) is 1. The van der Waals surface area contributed by atoms with Crippen molar-refractivity contribution in [3.8, 4) is 5.75 Å². The molecule has 0 amide bonds. The van der Waals surface area contributed by atoms with E-state index in [9.17, 15) is 4.57 Å². The van der Waals surface area contributed by atoms with Crippen LogP contribution in [0.4, 0.5) is 0 Å². The Bertz CT molecular complexity index is 344. The van der Waals surface area contributed by atoms with E-state index in [1.165, 1.54) is 14.2 Å². The SMILES string of the molecule is COP(=O)(COc1ccc(Cl)cc1)OC.